The first-order valence-corrected chi connectivity index (χ1v) is 4.31. The first-order valence-electron chi connectivity index (χ1n) is 4.31. The number of benzene rings is 2. The molecule has 0 atom stereocenters. The average molecular weight is 204 g/mol. The molecule has 5 heteroatoms. The van der Waals surface area contributed by atoms with Gasteiger partial charge in [-0.25, -0.2) is 15.3 Å². The minimum absolute atomic E-state index is 0.0301. The van der Waals surface area contributed by atoms with Gasteiger partial charge < -0.3 is 0 Å². The number of rotatable bonds is 2. The number of hydrazine groups is 1. The van der Waals surface area contributed by atoms with Gasteiger partial charge in [0.1, 0.15) is 5.69 Å². The molecule has 15 heavy (non-hydrogen) atoms. The molecule has 0 amide bonds. The van der Waals surface area contributed by atoms with Crippen LogP contribution in [-0.2, 0) is 0 Å². The van der Waals surface area contributed by atoms with Gasteiger partial charge in [0.15, 0.2) is 5.03 Å². The monoisotopic (exact) mass is 204 g/mol. The predicted molar refractivity (Wildman–Crippen MR) is 55.2 cm³/mol. The second-order valence-corrected chi connectivity index (χ2v) is 3.03. The predicted octanol–water partition coefficient (Wildman–Crippen LogP) is 2.23. The fraction of sp³-hybridized carbons (Fsp3) is 0. The summed E-state index contributed by atoms with van der Waals surface area (Å²) in [6.07, 6.45) is 0. The Hall–Kier alpha value is -2.14. The lowest BCUT2D eigenvalue weighted by Gasteiger charge is -2.08. The summed E-state index contributed by atoms with van der Waals surface area (Å²) in [5.41, 5.74) is 0.165. The van der Waals surface area contributed by atoms with E-state index in [-0.39, 0.29) is 10.9 Å². The van der Waals surface area contributed by atoms with Gasteiger partial charge in [0.2, 0.25) is 0 Å². The summed E-state index contributed by atoms with van der Waals surface area (Å²) in [7, 11) is 0. The van der Waals surface area contributed by atoms with Crippen molar-refractivity contribution in [1.29, 1.82) is 0 Å². The van der Waals surface area contributed by atoms with Crippen LogP contribution in [0.5, 0.6) is 0 Å². The second kappa shape index (κ2) is 3.55. The van der Waals surface area contributed by atoms with E-state index in [0.717, 1.165) is 5.39 Å². The highest BCUT2D eigenvalue weighted by atomic mass is 16.8. The molecular formula is C10H8N2O3. The van der Waals surface area contributed by atoms with Crippen LogP contribution >= 0.6 is 0 Å². The van der Waals surface area contributed by atoms with E-state index in [1.165, 1.54) is 6.07 Å². The Labute approximate surface area is 85.2 Å². The summed E-state index contributed by atoms with van der Waals surface area (Å²) in [5, 5.41) is 20.3. The van der Waals surface area contributed by atoms with Gasteiger partial charge in [0.05, 0.1) is 0 Å². The number of anilines is 1. The van der Waals surface area contributed by atoms with Crippen LogP contribution < -0.4 is 5.17 Å². The van der Waals surface area contributed by atoms with Crippen molar-refractivity contribution in [3.8, 4) is 0 Å². The molecule has 0 radical (unpaired) electrons. The molecular weight excluding hydrogens is 196 g/mol. The van der Waals surface area contributed by atoms with Gasteiger partial charge >= 0.3 is 0 Å². The molecule has 0 fully saturated rings. The molecule has 2 aromatic carbocycles. The summed E-state index contributed by atoms with van der Waals surface area (Å²) in [6.45, 7) is 0. The minimum atomic E-state index is -0.873. The molecule has 0 spiro atoms. The molecule has 0 saturated heterocycles. The third-order valence-electron chi connectivity index (χ3n) is 2.14. The van der Waals surface area contributed by atoms with Gasteiger partial charge in [-0.1, -0.05) is 36.4 Å². The van der Waals surface area contributed by atoms with Crippen LogP contribution in [0.15, 0.2) is 42.5 Å². The molecule has 0 unspecified atom stereocenters. The van der Waals surface area contributed by atoms with E-state index in [1.807, 2.05) is 18.2 Å². The van der Waals surface area contributed by atoms with Crippen LogP contribution in [0.3, 0.4) is 0 Å². The van der Waals surface area contributed by atoms with Crippen molar-refractivity contribution in [3.63, 3.8) is 0 Å². The maximum absolute atomic E-state index is 10.4. The van der Waals surface area contributed by atoms with Crippen LogP contribution in [-0.4, -0.2) is 10.2 Å². The zero-order valence-electron chi connectivity index (χ0n) is 7.70. The molecule has 0 aliphatic rings. The van der Waals surface area contributed by atoms with E-state index < -0.39 is 5.03 Å². The van der Waals surface area contributed by atoms with Crippen molar-refractivity contribution in [2.75, 3.05) is 5.17 Å². The fourth-order valence-electron chi connectivity index (χ4n) is 1.47. The Balaban J connectivity index is 2.65. The van der Waals surface area contributed by atoms with E-state index in [4.69, 9.17) is 0 Å². The molecule has 0 bridgehead atoms. The van der Waals surface area contributed by atoms with Crippen molar-refractivity contribution in [3.05, 3.63) is 52.6 Å². The molecule has 0 saturated carbocycles. The molecule has 76 valence electrons. The van der Waals surface area contributed by atoms with Crippen molar-refractivity contribution < 1.29 is 10.2 Å². The average Bonchev–Trinajstić information content (AvgIpc) is 2.27. The normalized spacial score (nSPS) is 10.2. The third kappa shape index (κ3) is 1.60. The van der Waals surface area contributed by atoms with Crippen LogP contribution in [0.25, 0.3) is 10.8 Å². The van der Waals surface area contributed by atoms with Gasteiger partial charge in [0, 0.05) is 10.6 Å². The fourth-order valence-corrected chi connectivity index (χ4v) is 1.47. The van der Waals surface area contributed by atoms with Crippen molar-refractivity contribution in [2.24, 2.45) is 0 Å². The third-order valence-corrected chi connectivity index (χ3v) is 2.14. The van der Waals surface area contributed by atoms with Crippen LogP contribution in [0.4, 0.5) is 5.69 Å². The number of fused-ring (bicyclic) bond motifs is 1. The Kier molecular flexibility index (Phi) is 2.23. The van der Waals surface area contributed by atoms with Gasteiger partial charge in [0.25, 0.3) is 0 Å². The standard InChI is InChI=1S/C10H8N2O3/c13-11(12(14)15)10-7-3-5-8-4-1-2-6-9(8)10/h1-7,13H. The minimum Gasteiger partial charge on any atom is -0.232 e. The summed E-state index contributed by atoms with van der Waals surface area (Å²) in [5.74, 6) is 0. The largest absolute Gasteiger partial charge is 0.232 e. The zero-order valence-corrected chi connectivity index (χ0v) is 7.70. The molecule has 0 aliphatic carbocycles. The summed E-state index contributed by atoms with van der Waals surface area (Å²) < 4.78 is 0. The van der Waals surface area contributed by atoms with Crippen LogP contribution in [0.1, 0.15) is 0 Å². The Morgan fingerprint density at radius 3 is 2.53 bits per heavy atom. The highest BCUT2D eigenvalue weighted by Gasteiger charge is 2.16. The number of hydrogen-bond acceptors (Lipinski definition) is 3. The molecule has 1 N–H and O–H groups in total. The van der Waals surface area contributed by atoms with Gasteiger partial charge in [-0.15, -0.1) is 0 Å². The molecule has 5 nitrogen and oxygen atoms in total. The summed E-state index contributed by atoms with van der Waals surface area (Å²) in [4.78, 5) is 10.4. The Morgan fingerprint density at radius 1 is 1.13 bits per heavy atom. The summed E-state index contributed by atoms with van der Waals surface area (Å²) >= 11 is 0. The highest BCUT2D eigenvalue weighted by Crippen LogP contribution is 2.25. The lowest BCUT2D eigenvalue weighted by molar-refractivity contribution is -0.540. The molecule has 0 aromatic heterocycles. The van der Waals surface area contributed by atoms with Gasteiger partial charge in [-0.2, -0.15) is 0 Å². The SMILES string of the molecule is O=[N+]([O-])N(O)c1cccc2ccccc12. The van der Waals surface area contributed by atoms with E-state index >= 15 is 0 Å². The Bertz CT molecular complexity index is 507. The van der Waals surface area contributed by atoms with Crippen LogP contribution in [0, 0.1) is 10.1 Å². The van der Waals surface area contributed by atoms with E-state index in [2.05, 4.69) is 0 Å². The lowest BCUT2D eigenvalue weighted by atomic mass is 10.1. The van der Waals surface area contributed by atoms with Crippen LogP contribution in [0.2, 0.25) is 0 Å². The van der Waals surface area contributed by atoms with E-state index in [1.54, 1.807) is 18.2 Å². The molecule has 2 aromatic rings. The molecule has 0 heterocycles. The van der Waals surface area contributed by atoms with Crippen molar-refractivity contribution in [2.45, 2.75) is 0 Å². The van der Waals surface area contributed by atoms with E-state index in [9.17, 15) is 15.3 Å². The van der Waals surface area contributed by atoms with E-state index in [0.29, 0.717) is 5.39 Å². The number of hydrogen-bond donors (Lipinski definition) is 1. The molecule has 0 aliphatic heterocycles. The second-order valence-electron chi connectivity index (χ2n) is 3.03. The zero-order chi connectivity index (χ0) is 10.8. The lowest BCUT2D eigenvalue weighted by Crippen LogP contribution is -2.25. The molecule has 2 rings (SSSR count). The van der Waals surface area contributed by atoms with Gasteiger partial charge in [-0.05, 0) is 11.5 Å². The number of nitro groups is 1. The maximum atomic E-state index is 10.4. The van der Waals surface area contributed by atoms with Crippen molar-refractivity contribution in [1.82, 2.24) is 0 Å². The first kappa shape index (κ1) is 9.42. The Morgan fingerprint density at radius 2 is 1.80 bits per heavy atom. The highest BCUT2D eigenvalue weighted by molar-refractivity contribution is 5.93. The topological polar surface area (TPSA) is 66.6 Å². The quantitative estimate of drug-likeness (QED) is 0.601. The first-order chi connectivity index (χ1) is 7.20. The summed E-state index contributed by atoms with van der Waals surface area (Å²) in [6, 6.07) is 12.1. The van der Waals surface area contributed by atoms with Crippen molar-refractivity contribution >= 4 is 16.5 Å². The smallest absolute Gasteiger partial charge is 0.192 e. The van der Waals surface area contributed by atoms with Gasteiger partial charge in [-0.3, -0.25) is 0 Å². The maximum Gasteiger partial charge on any atom is 0.192 e. The number of nitrogens with zero attached hydrogens (tertiary/aromatic N) is 2.